The van der Waals surface area contributed by atoms with E-state index in [1.165, 1.54) is 35.1 Å². The Morgan fingerprint density at radius 3 is 2.48 bits per heavy atom. The summed E-state index contributed by atoms with van der Waals surface area (Å²) in [4.78, 5) is 26.5. The van der Waals surface area contributed by atoms with Crippen LogP contribution >= 0.6 is 0 Å². The van der Waals surface area contributed by atoms with E-state index in [4.69, 9.17) is 14.1 Å². The van der Waals surface area contributed by atoms with Crippen LogP contribution in [0, 0.1) is 6.92 Å². The summed E-state index contributed by atoms with van der Waals surface area (Å²) in [6, 6.07) is 10.5. The highest BCUT2D eigenvalue weighted by molar-refractivity contribution is 5.91. The van der Waals surface area contributed by atoms with Gasteiger partial charge < -0.3 is 24.3 Å². The first kappa shape index (κ1) is 28.7. The fourth-order valence-electron chi connectivity index (χ4n) is 6.62. The molecule has 4 heterocycles. The molecule has 1 aromatic carbocycles. The maximum atomic E-state index is 13.3. The van der Waals surface area contributed by atoms with Gasteiger partial charge in [0.1, 0.15) is 11.6 Å². The van der Waals surface area contributed by atoms with E-state index < -0.39 is 0 Å². The van der Waals surface area contributed by atoms with Crippen LogP contribution in [0.4, 0.5) is 11.8 Å². The van der Waals surface area contributed by atoms with Crippen LogP contribution in [0.5, 0.6) is 0 Å². The van der Waals surface area contributed by atoms with Gasteiger partial charge in [0.05, 0.1) is 6.10 Å². The van der Waals surface area contributed by atoms with E-state index in [9.17, 15) is 4.79 Å². The summed E-state index contributed by atoms with van der Waals surface area (Å²) in [5.41, 5.74) is 5.84. The van der Waals surface area contributed by atoms with Gasteiger partial charge in [-0.15, -0.1) is 0 Å². The first-order chi connectivity index (χ1) is 20.1. The molecule has 1 aliphatic carbocycles. The number of aromatic nitrogens is 2. The van der Waals surface area contributed by atoms with Gasteiger partial charge >= 0.3 is 0 Å². The molecule has 0 bridgehead atoms. The Morgan fingerprint density at radius 2 is 1.76 bits per heavy atom. The number of rotatable bonds is 7. The van der Waals surface area contributed by atoms with Crippen LogP contribution < -0.4 is 10.2 Å². The fourth-order valence-corrected chi connectivity index (χ4v) is 6.62. The lowest BCUT2D eigenvalue weighted by atomic mass is 9.62. The Labute approximate surface area is 249 Å². The van der Waals surface area contributed by atoms with Gasteiger partial charge in [0, 0.05) is 51.9 Å². The van der Waals surface area contributed by atoms with Crippen LogP contribution in [0.1, 0.15) is 91.9 Å². The van der Waals surface area contributed by atoms with Crippen molar-refractivity contribution in [2.75, 3.05) is 49.5 Å². The van der Waals surface area contributed by atoms with Crippen molar-refractivity contribution in [3.8, 4) is 0 Å². The number of carbonyl (C=O) groups is 1. The third-order valence-corrected chi connectivity index (χ3v) is 9.57. The minimum Gasteiger partial charge on any atom is -0.456 e. The lowest BCUT2D eigenvalue weighted by Gasteiger charge is -2.42. The molecular weight excluding hydrogens is 526 g/mol. The van der Waals surface area contributed by atoms with Crippen molar-refractivity contribution in [1.82, 2.24) is 14.9 Å². The molecule has 2 aliphatic heterocycles. The van der Waals surface area contributed by atoms with Crippen LogP contribution in [-0.4, -0.2) is 66.2 Å². The summed E-state index contributed by atoms with van der Waals surface area (Å²) in [5, 5.41) is 3.38. The Morgan fingerprint density at radius 1 is 1.02 bits per heavy atom. The number of ether oxygens (including phenoxy) is 1. The molecule has 3 aromatic rings. The van der Waals surface area contributed by atoms with E-state index in [-0.39, 0.29) is 22.8 Å². The Kier molecular flexibility index (Phi) is 7.77. The molecule has 1 N–H and O–H groups in total. The van der Waals surface area contributed by atoms with E-state index in [2.05, 4.69) is 62.0 Å². The van der Waals surface area contributed by atoms with Gasteiger partial charge in [-0.05, 0) is 83.9 Å². The van der Waals surface area contributed by atoms with Crippen molar-refractivity contribution in [2.45, 2.75) is 83.7 Å². The van der Waals surface area contributed by atoms with Gasteiger partial charge in [-0.3, -0.25) is 4.79 Å². The molecular formula is C34H45N5O3. The highest BCUT2D eigenvalue weighted by atomic mass is 16.5. The Bertz CT molecular complexity index is 1430. The van der Waals surface area contributed by atoms with Crippen LogP contribution in [0.25, 0.3) is 0 Å². The smallest absolute Gasteiger partial charge is 0.289 e. The van der Waals surface area contributed by atoms with Crippen LogP contribution in [0.3, 0.4) is 0 Å². The number of carbonyl (C=O) groups excluding carboxylic acids is 1. The molecule has 3 aliphatic rings. The van der Waals surface area contributed by atoms with Gasteiger partial charge in [-0.25, -0.2) is 4.98 Å². The first-order valence-corrected chi connectivity index (χ1v) is 15.5. The molecule has 0 radical (unpaired) electrons. The van der Waals surface area contributed by atoms with Crippen LogP contribution in [0.15, 0.2) is 40.9 Å². The molecule has 224 valence electrons. The van der Waals surface area contributed by atoms with Crippen molar-refractivity contribution in [1.29, 1.82) is 0 Å². The van der Waals surface area contributed by atoms with Gasteiger partial charge in [0.2, 0.25) is 5.95 Å². The molecule has 2 aromatic heterocycles. The zero-order chi connectivity index (χ0) is 29.5. The second-order valence-electron chi connectivity index (χ2n) is 13.6. The summed E-state index contributed by atoms with van der Waals surface area (Å²) in [6.07, 6.45) is 7.32. The molecule has 1 unspecified atom stereocenters. The van der Waals surface area contributed by atoms with Gasteiger partial charge in [0.25, 0.3) is 5.91 Å². The summed E-state index contributed by atoms with van der Waals surface area (Å²) >= 11 is 0. The molecule has 2 fully saturated rings. The molecule has 0 spiro atoms. The van der Waals surface area contributed by atoms with Gasteiger partial charge in [-0.1, -0.05) is 39.8 Å². The van der Waals surface area contributed by atoms with Crippen molar-refractivity contribution in [2.24, 2.45) is 0 Å². The first-order valence-electron chi connectivity index (χ1n) is 15.5. The van der Waals surface area contributed by atoms with E-state index in [0.717, 1.165) is 37.6 Å². The number of piperazine rings is 1. The van der Waals surface area contributed by atoms with Gasteiger partial charge in [0.15, 0.2) is 5.76 Å². The lowest BCUT2D eigenvalue weighted by Crippen LogP contribution is -2.49. The van der Waals surface area contributed by atoms with Gasteiger partial charge in [-0.2, -0.15) is 4.98 Å². The van der Waals surface area contributed by atoms with Crippen LogP contribution in [-0.2, 0) is 22.0 Å². The number of aryl methyl sites for hydroxylation is 1. The minimum absolute atomic E-state index is 0.0566. The maximum Gasteiger partial charge on any atom is 0.289 e. The predicted molar refractivity (Wildman–Crippen MR) is 166 cm³/mol. The molecule has 1 amide bonds. The fraction of sp³-hybridized carbons (Fsp3) is 0.559. The topological polar surface area (TPSA) is 83.7 Å². The number of amides is 1. The Balaban J connectivity index is 1.07. The summed E-state index contributed by atoms with van der Waals surface area (Å²) < 4.78 is 11.8. The van der Waals surface area contributed by atoms with Crippen molar-refractivity contribution in [3.05, 3.63) is 70.3 Å². The van der Waals surface area contributed by atoms with E-state index >= 15 is 0 Å². The zero-order valence-corrected chi connectivity index (χ0v) is 25.8. The molecule has 0 saturated carbocycles. The monoisotopic (exact) mass is 571 g/mol. The SMILES string of the molecule is Cc1cc2c(cc1Cc1ccc(C(=O)N3CCN(c4nccc(NCC5CCCO5)n4)CC3)o1)C(C)(C)CCC2(C)C. The molecule has 1 atom stereocenters. The number of benzene rings is 1. The van der Waals surface area contributed by atoms with E-state index in [0.29, 0.717) is 44.3 Å². The number of furan rings is 1. The van der Waals surface area contributed by atoms with Crippen molar-refractivity contribution < 1.29 is 13.9 Å². The number of nitrogens with one attached hydrogen (secondary N) is 1. The summed E-state index contributed by atoms with van der Waals surface area (Å²) in [5.74, 6) is 2.67. The minimum atomic E-state index is -0.0566. The molecule has 6 rings (SSSR count). The van der Waals surface area contributed by atoms with Crippen LogP contribution in [0.2, 0.25) is 0 Å². The third kappa shape index (κ3) is 5.91. The lowest BCUT2D eigenvalue weighted by molar-refractivity contribution is 0.0712. The quantitative estimate of drug-likeness (QED) is 0.380. The molecule has 8 nitrogen and oxygen atoms in total. The second-order valence-corrected chi connectivity index (χ2v) is 13.6. The summed E-state index contributed by atoms with van der Waals surface area (Å²) in [7, 11) is 0. The predicted octanol–water partition coefficient (Wildman–Crippen LogP) is 5.87. The highest BCUT2D eigenvalue weighted by Gasteiger charge is 2.37. The third-order valence-electron chi connectivity index (χ3n) is 9.57. The van der Waals surface area contributed by atoms with E-state index in [1.54, 1.807) is 6.20 Å². The number of nitrogens with zero attached hydrogens (tertiary/aromatic N) is 4. The van der Waals surface area contributed by atoms with Crippen molar-refractivity contribution >= 4 is 17.7 Å². The highest BCUT2D eigenvalue weighted by Crippen LogP contribution is 2.46. The largest absolute Gasteiger partial charge is 0.456 e. The average molecular weight is 572 g/mol. The zero-order valence-electron chi connectivity index (χ0n) is 25.8. The normalized spacial score (nSPS) is 21.3. The standard InChI is InChI=1S/C34H45N5O3/c1-23-19-27-28(34(4,5)12-11-33(27,2)3)21-24(23)20-25-8-9-29(42-25)31(40)38-14-16-39(17-15-38)32-35-13-10-30(37-32)36-22-26-7-6-18-41-26/h8-10,13,19,21,26H,6-7,11-12,14-18,20,22H2,1-5H3,(H,35,36,37). The maximum absolute atomic E-state index is 13.3. The number of hydrogen-bond acceptors (Lipinski definition) is 7. The number of fused-ring (bicyclic) bond motifs is 1. The summed E-state index contributed by atoms with van der Waals surface area (Å²) in [6.45, 7) is 15.8. The second kappa shape index (κ2) is 11.4. The molecule has 8 heteroatoms. The Hall–Kier alpha value is -3.39. The average Bonchev–Trinajstić information content (AvgIpc) is 3.68. The number of anilines is 2. The van der Waals surface area contributed by atoms with E-state index in [1.807, 2.05) is 23.1 Å². The number of hydrogen-bond donors (Lipinski definition) is 1. The molecule has 2 saturated heterocycles. The van der Waals surface area contributed by atoms with Crippen molar-refractivity contribution in [3.63, 3.8) is 0 Å². The molecule has 42 heavy (non-hydrogen) atoms.